The molecule has 0 N–H and O–H groups in total. The summed E-state index contributed by atoms with van der Waals surface area (Å²) in [5, 5.41) is 0.801. The zero-order valence-electron chi connectivity index (χ0n) is 18.0. The fourth-order valence-electron chi connectivity index (χ4n) is 3.23. The quantitative estimate of drug-likeness (QED) is 0.505. The smallest absolute Gasteiger partial charge is 0.233 e. The molecule has 0 aliphatic carbocycles. The number of methoxy groups -OCH3 is 2. The molecule has 0 radical (unpaired) electrons. The first-order valence-corrected chi connectivity index (χ1v) is 10.6. The second-order valence-corrected chi connectivity index (χ2v) is 8.04. The van der Waals surface area contributed by atoms with E-state index in [1.165, 1.54) is 22.9 Å². The Labute approximate surface area is 181 Å². The van der Waals surface area contributed by atoms with Crippen molar-refractivity contribution in [1.29, 1.82) is 0 Å². The molecular weight excluding hydrogens is 398 g/mol. The minimum Gasteiger partial charge on any atom is -0.493 e. The number of hydrogen-bond acceptors (Lipinski definition) is 5. The van der Waals surface area contributed by atoms with Gasteiger partial charge in [0.15, 0.2) is 16.7 Å². The zero-order chi connectivity index (χ0) is 21.7. The van der Waals surface area contributed by atoms with Gasteiger partial charge in [0.25, 0.3) is 0 Å². The van der Waals surface area contributed by atoms with Crippen LogP contribution in [-0.2, 0) is 11.3 Å². The molecule has 0 aliphatic rings. The van der Waals surface area contributed by atoms with Crippen molar-refractivity contribution in [3.63, 3.8) is 0 Å². The van der Waals surface area contributed by atoms with Gasteiger partial charge in [-0.1, -0.05) is 35.5 Å². The van der Waals surface area contributed by atoms with Gasteiger partial charge >= 0.3 is 0 Å². The normalized spacial score (nSPS) is 10.7. The Morgan fingerprint density at radius 2 is 1.87 bits per heavy atom. The summed E-state index contributed by atoms with van der Waals surface area (Å²) in [4.78, 5) is 18.8. The van der Waals surface area contributed by atoms with E-state index in [4.69, 9.17) is 9.47 Å². The highest BCUT2D eigenvalue weighted by atomic mass is 32.2. The van der Waals surface area contributed by atoms with E-state index in [0.717, 1.165) is 16.4 Å². The number of amides is 1. The number of imidazole rings is 1. The van der Waals surface area contributed by atoms with Gasteiger partial charge in [-0.25, -0.2) is 4.98 Å². The van der Waals surface area contributed by atoms with Crippen LogP contribution >= 0.6 is 11.8 Å². The Hall–Kier alpha value is -2.93. The predicted molar refractivity (Wildman–Crippen MR) is 120 cm³/mol. The number of carbonyl (C=O) groups is 1. The van der Waals surface area contributed by atoms with Crippen molar-refractivity contribution in [2.75, 3.05) is 27.0 Å². The number of ether oxygens (including phenoxy) is 2. The number of hydrogen-bond donors (Lipinski definition) is 0. The summed E-state index contributed by atoms with van der Waals surface area (Å²) in [7, 11) is 5.01. The van der Waals surface area contributed by atoms with Gasteiger partial charge in [-0.05, 0) is 43.2 Å². The molecule has 30 heavy (non-hydrogen) atoms. The van der Waals surface area contributed by atoms with E-state index in [-0.39, 0.29) is 5.91 Å². The van der Waals surface area contributed by atoms with Crippen LogP contribution in [-0.4, -0.2) is 47.4 Å². The van der Waals surface area contributed by atoms with Crippen LogP contribution in [0.5, 0.6) is 11.5 Å². The van der Waals surface area contributed by atoms with E-state index in [2.05, 4.69) is 37.0 Å². The van der Waals surface area contributed by atoms with Crippen molar-refractivity contribution in [3.05, 3.63) is 65.5 Å². The molecule has 3 rings (SSSR count). The Balaban J connectivity index is 1.64. The highest BCUT2D eigenvalue weighted by Gasteiger charge is 2.15. The second kappa shape index (κ2) is 9.71. The lowest BCUT2D eigenvalue weighted by Gasteiger charge is -2.18. The van der Waals surface area contributed by atoms with E-state index in [0.29, 0.717) is 23.8 Å². The third kappa shape index (κ3) is 4.97. The van der Waals surface area contributed by atoms with Crippen molar-refractivity contribution in [2.24, 2.45) is 0 Å². The number of rotatable bonds is 8. The van der Waals surface area contributed by atoms with E-state index in [1.807, 2.05) is 29.0 Å². The van der Waals surface area contributed by atoms with E-state index in [1.54, 1.807) is 32.4 Å². The lowest BCUT2D eigenvalue weighted by atomic mass is 10.1. The van der Waals surface area contributed by atoms with Crippen molar-refractivity contribution < 1.29 is 14.3 Å². The monoisotopic (exact) mass is 425 g/mol. The molecule has 6 nitrogen and oxygen atoms in total. The van der Waals surface area contributed by atoms with Gasteiger partial charge in [-0.2, -0.15) is 0 Å². The average Bonchev–Trinajstić information content (AvgIpc) is 3.20. The van der Waals surface area contributed by atoms with Gasteiger partial charge < -0.3 is 14.4 Å². The van der Waals surface area contributed by atoms with Crippen LogP contribution < -0.4 is 9.47 Å². The van der Waals surface area contributed by atoms with Crippen LogP contribution in [0.15, 0.2) is 53.9 Å². The first kappa shape index (κ1) is 21.8. The van der Waals surface area contributed by atoms with Crippen LogP contribution in [0.4, 0.5) is 0 Å². The molecule has 0 unspecified atom stereocenters. The molecule has 1 heterocycles. The maximum absolute atomic E-state index is 12.7. The van der Waals surface area contributed by atoms with Crippen molar-refractivity contribution in [2.45, 2.75) is 25.5 Å². The highest BCUT2D eigenvalue weighted by molar-refractivity contribution is 7.99. The first-order chi connectivity index (χ1) is 14.4. The van der Waals surface area contributed by atoms with Crippen molar-refractivity contribution >= 4 is 17.7 Å². The van der Waals surface area contributed by atoms with Gasteiger partial charge in [-0.3, -0.25) is 9.36 Å². The maximum atomic E-state index is 12.7. The third-order valence-corrected chi connectivity index (χ3v) is 5.79. The average molecular weight is 426 g/mol. The number of benzene rings is 2. The number of aromatic nitrogens is 2. The highest BCUT2D eigenvalue weighted by Crippen LogP contribution is 2.28. The molecule has 1 aromatic heterocycles. The molecule has 2 aromatic carbocycles. The lowest BCUT2D eigenvalue weighted by molar-refractivity contribution is -0.127. The molecule has 3 aromatic rings. The molecule has 0 bridgehead atoms. The van der Waals surface area contributed by atoms with Crippen LogP contribution in [0.3, 0.4) is 0 Å². The minimum absolute atomic E-state index is 0.0324. The fourth-order valence-corrected chi connectivity index (χ4v) is 4.14. The summed E-state index contributed by atoms with van der Waals surface area (Å²) in [5.41, 5.74) is 4.45. The first-order valence-electron chi connectivity index (χ1n) is 9.61. The van der Waals surface area contributed by atoms with Gasteiger partial charge in [0.05, 0.1) is 25.7 Å². The Kier molecular flexibility index (Phi) is 7.05. The fraction of sp³-hybridized carbons (Fsp3) is 0.304. The minimum atomic E-state index is 0.0324. The molecule has 7 heteroatoms. The van der Waals surface area contributed by atoms with E-state index < -0.39 is 0 Å². The standard InChI is InChI=1S/C23H27N3O3S/c1-16-6-8-19(17(2)12-16)26-11-10-24-23(26)30-15-22(27)25(3)14-18-7-9-20(28-4)21(13-18)29-5/h6-13H,14-15H2,1-5H3. The molecule has 1 amide bonds. The Morgan fingerprint density at radius 1 is 1.10 bits per heavy atom. The number of carbonyl (C=O) groups excluding carboxylic acids is 1. The second-order valence-electron chi connectivity index (χ2n) is 7.10. The van der Waals surface area contributed by atoms with Crippen molar-refractivity contribution in [3.8, 4) is 17.2 Å². The number of aryl methyl sites for hydroxylation is 2. The number of nitrogens with zero attached hydrogens (tertiary/aromatic N) is 3. The summed E-state index contributed by atoms with van der Waals surface area (Å²) >= 11 is 1.44. The van der Waals surface area contributed by atoms with Crippen LogP contribution in [0, 0.1) is 13.8 Å². The summed E-state index contributed by atoms with van der Waals surface area (Å²) in [5.74, 6) is 1.67. The SMILES string of the molecule is COc1ccc(CN(C)C(=O)CSc2nccn2-c2ccc(C)cc2C)cc1OC. The summed E-state index contributed by atoms with van der Waals surface area (Å²) in [6.45, 7) is 4.65. The molecule has 0 aliphatic heterocycles. The molecule has 0 spiro atoms. The van der Waals surface area contributed by atoms with Crippen LogP contribution in [0.25, 0.3) is 5.69 Å². The number of thioether (sulfide) groups is 1. The molecule has 0 saturated heterocycles. The van der Waals surface area contributed by atoms with Gasteiger partial charge in [0.2, 0.25) is 5.91 Å². The van der Waals surface area contributed by atoms with Gasteiger partial charge in [0.1, 0.15) is 0 Å². The largest absolute Gasteiger partial charge is 0.493 e. The van der Waals surface area contributed by atoms with E-state index in [9.17, 15) is 4.79 Å². The molecule has 0 saturated carbocycles. The molecule has 158 valence electrons. The van der Waals surface area contributed by atoms with Crippen LogP contribution in [0.2, 0.25) is 0 Å². The summed E-state index contributed by atoms with van der Waals surface area (Å²) in [6, 6.07) is 12.0. The zero-order valence-corrected chi connectivity index (χ0v) is 18.8. The van der Waals surface area contributed by atoms with Gasteiger partial charge in [0, 0.05) is 26.0 Å². The lowest BCUT2D eigenvalue weighted by Crippen LogP contribution is -2.27. The Bertz CT molecular complexity index is 1030. The topological polar surface area (TPSA) is 56.6 Å². The summed E-state index contributed by atoms with van der Waals surface area (Å²) < 4.78 is 12.6. The maximum Gasteiger partial charge on any atom is 0.233 e. The van der Waals surface area contributed by atoms with E-state index >= 15 is 0 Å². The molecule has 0 fully saturated rings. The molecular formula is C23H27N3O3S. The third-order valence-electron chi connectivity index (χ3n) is 4.84. The predicted octanol–water partition coefficient (Wildman–Crippen LogP) is 4.26. The summed E-state index contributed by atoms with van der Waals surface area (Å²) in [6.07, 6.45) is 3.69. The Morgan fingerprint density at radius 3 is 2.57 bits per heavy atom. The van der Waals surface area contributed by atoms with Crippen molar-refractivity contribution in [1.82, 2.24) is 14.5 Å². The van der Waals surface area contributed by atoms with Crippen LogP contribution in [0.1, 0.15) is 16.7 Å². The van der Waals surface area contributed by atoms with Gasteiger partial charge in [-0.15, -0.1) is 0 Å². The molecule has 0 atom stereocenters.